The van der Waals surface area contributed by atoms with E-state index in [0.717, 1.165) is 10.7 Å². The molecule has 0 aliphatic carbocycles. The van der Waals surface area contributed by atoms with E-state index < -0.39 is 22.9 Å². The third kappa shape index (κ3) is 3.91. The van der Waals surface area contributed by atoms with Gasteiger partial charge in [-0.25, -0.2) is 0 Å². The predicted octanol–water partition coefficient (Wildman–Crippen LogP) is 4.16. The number of benzene rings is 2. The van der Waals surface area contributed by atoms with E-state index in [2.05, 4.69) is 10.4 Å². The lowest BCUT2D eigenvalue weighted by Crippen LogP contribution is -2.25. The molecule has 3 rings (SSSR count). The van der Waals surface area contributed by atoms with Gasteiger partial charge in [0.25, 0.3) is 11.5 Å². The van der Waals surface area contributed by atoms with Gasteiger partial charge in [0.15, 0.2) is 11.4 Å². The lowest BCUT2D eigenvalue weighted by molar-refractivity contribution is 0.101. The lowest BCUT2D eigenvalue weighted by atomic mass is 10.2. The van der Waals surface area contributed by atoms with Crippen molar-refractivity contribution in [2.75, 3.05) is 12.4 Å². The van der Waals surface area contributed by atoms with Crippen molar-refractivity contribution in [3.63, 3.8) is 0 Å². The molecule has 0 saturated carbocycles. The molecule has 0 atom stereocenters. The van der Waals surface area contributed by atoms with Crippen molar-refractivity contribution in [3.8, 4) is 17.2 Å². The number of amides is 1. The van der Waals surface area contributed by atoms with Gasteiger partial charge in [0, 0.05) is 11.1 Å². The number of halogens is 3. The van der Waals surface area contributed by atoms with E-state index in [1.54, 1.807) is 24.3 Å². The number of para-hydroxylation sites is 2. The summed E-state index contributed by atoms with van der Waals surface area (Å²) in [6.45, 7) is 0. The second-order valence-corrected chi connectivity index (χ2v) is 6.75. The van der Waals surface area contributed by atoms with Crippen molar-refractivity contribution < 1.29 is 14.6 Å². The average molecular weight is 441 g/mol. The maximum atomic E-state index is 12.6. The van der Waals surface area contributed by atoms with E-state index in [-0.39, 0.29) is 15.7 Å². The number of anilines is 1. The number of nitrogens with one attached hydrogen (secondary N) is 1. The third-order valence-electron chi connectivity index (χ3n) is 3.69. The highest BCUT2D eigenvalue weighted by Gasteiger charge is 2.20. The van der Waals surface area contributed by atoms with Crippen LogP contribution in [-0.4, -0.2) is 27.9 Å². The SMILES string of the molecule is COc1ccccc1-n1nc(C(=O)Nc2c(Cl)cc(Cl)cc2Cl)c(O)cc1=O. The molecule has 1 amide bonds. The van der Waals surface area contributed by atoms with Gasteiger partial charge in [-0.1, -0.05) is 46.9 Å². The van der Waals surface area contributed by atoms with Crippen LogP contribution in [0.25, 0.3) is 5.69 Å². The van der Waals surface area contributed by atoms with Crippen LogP contribution in [0.2, 0.25) is 15.1 Å². The van der Waals surface area contributed by atoms with Gasteiger partial charge < -0.3 is 15.2 Å². The number of aromatic hydroxyl groups is 1. The van der Waals surface area contributed by atoms with Crippen LogP contribution in [0.5, 0.6) is 11.5 Å². The first-order chi connectivity index (χ1) is 13.3. The van der Waals surface area contributed by atoms with Crippen LogP contribution in [0.4, 0.5) is 5.69 Å². The fourth-order valence-electron chi connectivity index (χ4n) is 2.42. The average Bonchev–Trinajstić information content (AvgIpc) is 2.64. The van der Waals surface area contributed by atoms with E-state index in [1.807, 2.05) is 0 Å². The molecule has 0 aliphatic rings. The second-order valence-electron chi connectivity index (χ2n) is 5.50. The van der Waals surface area contributed by atoms with E-state index in [4.69, 9.17) is 39.5 Å². The van der Waals surface area contributed by atoms with Crippen molar-refractivity contribution >= 4 is 46.4 Å². The number of hydrogen-bond acceptors (Lipinski definition) is 5. The number of methoxy groups -OCH3 is 1. The van der Waals surface area contributed by atoms with Crippen molar-refractivity contribution in [2.45, 2.75) is 0 Å². The van der Waals surface area contributed by atoms with E-state index >= 15 is 0 Å². The Morgan fingerprint density at radius 3 is 2.43 bits per heavy atom. The van der Waals surface area contributed by atoms with Gasteiger partial charge >= 0.3 is 0 Å². The summed E-state index contributed by atoms with van der Waals surface area (Å²) in [5.41, 5.74) is -0.672. The summed E-state index contributed by atoms with van der Waals surface area (Å²) in [7, 11) is 1.43. The highest BCUT2D eigenvalue weighted by Crippen LogP contribution is 2.34. The zero-order valence-corrected chi connectivity index (χ0v) is 16.5. The standard InChI is InChI=1S/C18H12Cl3N3O4/c1-28-14-5-3-2-4-12(14)24-15(26)8-13(25)17(23-24)18(27)22-16-10(20)6-9(19)7-11(16)21/h2-8,25H,1H3,(H,22,27). The Hall–Kier alpha value is -2.74. The fourth-order valence-corrected chi connectivity index (χ4v) is 3.33. The van der Waals surface area contributed by atoms with E-state index in [9.17, 15) is 14.7 Å². The zero-order valence-electron chi connectivity index (χ0n) is 14.2. The van der Waals surface area contributed by atoms with Gasteiger partial charge in [0.05, 0.1) is 22.8 Å². The summed E-state index contributed by atoms with van der Waals surface area (Å²) in [6, 6.07) is 10.3. The van der Waals surface area contributed by atoms with Crippen molar-refractivity contribution in [1.82, 2.24) is 9.78 Å². The van der Waals surface area contributed by atoms with Gasteiger partial charge in [-0.15, -0.1) is 0 Å². The zero-order chi connectivity index (χ0) is 20.4. The van der Waals surface area contributed by atoms with Crippen LogP contribution in [0.15, 0.2) is 47.3 Å². The monoisotopic (exact) mass is 439 g/mol. The minimum atomic E-state index is -0.827. The third-order valence-corrected chi connectivity index (χ3v) is 4.50. The van der Waals surface area contributed by atoms with Crippen molar-refractivity contribution in [3.05, 3.63) is 73.6 Å². The minimum absolute atomic E-state index is 0.0916. The summed E-state index contributed by atoms with van der Waals surface area (Å²) in [5.74, 6) is -1.07. The first-order valence-electron chi connectivity index (χ1n) is 7.74. The number of aromatic nitrogens is 2. The van der Waals surface area contributed by atoms with Crippen LogP contribution in [-0.2, 0) is 0 Å². The summed E-state index contributed by atoms with van der Waals surface area (Å²) in [4.78, 5) is 24.9. The Bertz CT molecular complexity index is 1110. The molecular formula is C18H12Cl3N3O4. The Morgan fingerprint density at radius 2 is 1.79 bits per heavy atom. The molecule has 0 spiro atoms. The quantitative estimate of drug-likeness (QED) is 0.635. The molecule has 0 bridgehead atoms. The van der Waals surface area contributed by atoms with Gasteiger partial charge in [0.2, 0.25) is 0 Å². The van der Waals surface area contributed by atoms with Crippen LogP contribution in [0.1, 0.15) is 10.5 Å². The van der Waals surface area contributed by atoms with Crippen LogP contribution in [0.3, 0.4) is 0 Å². The maximum absolute atomic E-state index is 12.6. The second kappa shape index (κ2) is 8.10. The van der Waals surface area contributed by atoms with Gasteiger partial charge in [-0.2, -0.15) is 9.78 Å². The van der Waals surface area contributed by atoms with Crippen molar-refractivity contribution in [1.29, 1.82) is 0 Å². The van der Waals surface area contributed by atoms with Gasteiger partial charge in [-0.3, -0.25) is 9.59 Å². The smallest absolute Gasteiger partial charge is 0.280 e. The Balaban J connectivity index is 2.06. The van der Waals surface area contributed by atoms with Gasteiger partial charge in [0.1, 0.15) is 11.4 Å². The fraction of sp³-hybridized carbons (Fsp3) is 0.0556. The first-order valence-corrected chi connectivity index (χ1v) is 8.88. The number of hydrogen-bond donors (Lipinski definition) is 2. The highest BCUT2D eigenvalue weighted by atomic mass is 35.5. The van der Waals surface area contributed by atoms with Crippen LogP contribution >= 0.6 is 34.8 Å². The normalized spacial score (nSPS) is 10.6. The number of rotatable bonds is 4. The molecule has 144 valence electrons. The molecule has 1 aromatic heterocycles. The summed E-state index contributed by atoms with van der Waals surface area (Å²) < 4.78 is 6.16. The van der Waals surface area contributed by atoms with Gasteiger partial charge in [-0.05, 0) is 24.3 Å². The Kier molecular flexibility index (Phi) is 5.79. The Labute approximate surface area is 174 Å². The minimum Gasteiger partial charge on any atom is -0.505 e. The number of ether oxygens (including phenoxy) is 1. The molecule has 0 saturated heterocycles. The molecule has 1 heterocycles. The maximum Gasteiger partial charge on any atom is 0.280 e. The molecule has 3 aromatic rings. The van der Waals surface area contributed by atoms with E-state index in [0.29, 0.717) is 16.5 Å². The van der Waals surface area contributed by atoms with Crippen molar-refractivity contribution in [2.24, 2.45) is 0 Å². The van der Waals surface area contributed by atoms with Crippen LogP contribution in [0, 0.1) is 0 Å². The number of nitrogens with zero attached hydrogens (tertiary/aromatic N) is 2. The Morgan fingerprint density at radius 1 is 1.14 bits per heavy atom. The molecule has 2 N–H and O–H groups in total. The van der Waals surface area contributed by atoms with Crippen LogP contribution < -0.4 is 15.6 Å². The lowest BCUT2D eigenvalue weighted by Gasteiger charge is -2.13. The summed E-state index contributed by atoms with van der Waals surface area (Å²) in [5, 5.41) is 17.0. The molecule has 0 radical (unpaired) electrons. The molecule has 7 nitrogen and oxygen atoms in total. The molecule has 2 aromatic carbocycles. The number of carbonyl (C=O) groups excluding carboxylic acids is 1. The van der Waals surface area contributed by atoms with E-state index in [1.165, 1.54) is 19.2 Å². The molecular weight excluding hydrogens is 429 g/mol. The molecule has 10 heteroatoms. The predicted molar refractivity (Wildman–Crippen MR) is 107 cm³/mol. The molecule has 0 aliphatic heterocycles. The number of carbonyl (C=O) groups is 1. The largest absolute Gasteiger partial charge is 0.505 e. The molecule has 0 unspecified atom stereocenters. The highest BCUT2D eigenvalue weighted by molar-refractivity contribution is 6.42. The molecule has 0 fully saturated rings. The topological polar surface area (TPSA) is 93.5 Å². The summed E-state index contributed by atoms with van der Waals surface area (Å²) in [6.07, 6.45) is 0. The molecule has 28 heavy (non-hydrogen) atoms. The summed E-state index contributed by atoms with van der Waals surface area (Å²) >= 11 is 18.0. The first kappa shape index (κ1) is 20.0.